The molecule has 1 heterocycles. The van der Waals surface area contributed by atoms with Crippen molar-refractivity contribution in [2.75, 3.05) is 18.0 Å². The van der Waals surface area contributed by atoms with Gasteiger partial charge in [0.15, 0.2) is 0 Å². The molecular formula is C25H33N3O3. The molecule has 1 aromatic carbocycles. The number of hydrogen-bond acceptors (Lipinski definition) is 3. The Bertz CT molecular complexity index is 860. The Labute approximate surface area is 184 Å². The average Bonchev–Trinajstić information content (AvgIpc) is 3.16. The van der Waals surface area contributed by atoms with Gasteiger partial charge in [-0.25, -0.2) is 0 Å². The third kappa shape index (κ3) is 3.85. The van der Waals surface area contributed by atoms with Crippen LogP contribution in [0.1, 0.15) is 57.4 Å². The van der Waals surface area contributed by atoms with Crippen molar-refractivity contribution in [1.29, 1.82) is 0 Å². The van der Waals surface area contributed by atoms with Gasteiger partial charge in [0.25, 0.3) is 0 Å². The van der Waals surface area contributed by atoms with Crippen molar-refractivity contribution in [2.45, 2.75) is 64.3 Å². The lowest BCUT2D eigenvalue weighted by Crippen LogP contribution is -2.54. The summed E-state index contributed by atoms with van der Waals surface area (Å²) in [4.78, 5) is 40.0. The minimum atomic E-state index is -0.586. The second kappa shape index (κ2) is 7.95. The third-order valence-corrected chi connectivity index (χ3v) is 8.06. The summed E-state index contributed by atoms with van der Waals surface area (Å²) in [5.74, 6) is 2.04. The van der Waals surface area contributed by atoms with Crippen molar-refractivity contribution < 1.29 is 14.4 Å². The molecule has 4 saturated carbocycles. The number of carbonyl (C=O) groups is 3. The number of anilines is 1. The zero-order chi connectivity index (χ0) is 21.6. The van der Waals surface area contributed by atoms with Gasteiger partial charge in [0, 0.05) is 30.6 Å². The van der Waals surface area contributed by atoms with Crippen molar-refractivity contribution >= 4 is 23.4 Å². The fraction of sp³-hybridized carbons (Fsp3) is 0.640. The van der Waals surface area contributed by atoms with E-state index in [2.05, 4.69) is 10.6 Å². The predicted octanol–water partition coefficient (Wildman–Crippen LogP) is 2.80. The first-order valence-electron chi connectivity index (χ1n) is 11.9. The maximum Gasteiger partial charge on any atom is 0.249 e. The van der Waals surface area contributed by atoms with Crippen molar-refractivity contribution in [2.24, 2.45) is 23.2 Å². The molecule has 3 amide bonds. The van der Waals surface area contributed by atoms with E-state index < -0.39 is 6.04 Å². The first kappa shape index (κ1) is 20.5. The highest BCUT2D eigenvalue weighted by molar-refractivity contribution is 6.00. The van der Waals surface area contributed by atoms with Crippen molar-refractivity contribution in [1.82, 2.24) is 10.6 Å². The maximum absolute atomic E-state index is 13.0. The quantitative estimate of drug-likeness (QED) is 0.739. The van der Waals surface area contributed by atoms with Gasteiger partial charge in [0.05, 0.1) is 0 Å². The van der Waals surface area contributed by atoms with Crippen LogP contribution < -0.4 is 15.5 Å². The van der Waals surface area contributed by atoms with Gasteiger partial charge >= 0.3 is 0 Å². The van der Waals surface area contributed by atoms with E-state index in [1.807, 2.05) is 24.3 Å². The van der Waals surface area contributed by atoms with Gasteiger partial charge in [-0.1, -0.05) is 18.2 Å². The Morgan fingerprint density at radius 3 is 2.39 bits per heavy atom. The molecule has 4 fully saturated rings. The highest BCUT2D eigenvalue weighted by Gasteiger charge is 2.54. The van der Waals surface area contributed by atoms with E-state index in [1.165, 1.54) is 24.8 Å². The van der Waals surface area contributed by atoms with Crippen LogP contribution in [0.3, 0.4) is 0 Å². The van der Waals surface area contributed by atoms with Crippen molar-refractivity contribution in [3.63, 3.8) is 0 Å². The number of carbonyl (C=O) groups excluding carboxylic acids is 3. The van der Waals surface area contributed by atoms with Crippen LogP contribution in [0.15, 0.2) is 24.3 Å². The normalized spacial score (nSPS) is 31.3. The fourth-order valence-corrected chi connectivity index (χ4v) is 7.04. The number of para-hydroxylation sites is 1. The number of hydrogen-bond donors (Lipinski definition) is 2. The molecule has 0 spiro atoms. The summed E-state index contributed by atoms with van der Waals surface area (Å²) in [5, 5.41) is 5.86. The highest BCUT2D eigenvalue weighted by Crippen LogP contribution is 2.60. The molecule has 5 aliphatic rings. The van der Waals surface area contributed by atoms with E-state index in [0.29, 0.717) is 13.1 Å². The largest absolute Gasteiger partial charge is 0.355 e. The van der Waals surface area contributed by atoms with Gasteiger partial charge in [-0.3, -0.25) is 14.4 Å². The average molecular weight is 424 g/mol. The van der Waals surface area contributed by atoms with E-state index in [1.54, 1.807) is 11.8 Å². The van der Waals surface area contributed by atoms with Gasteiger partial charge in [-0.05, 0) is 81.3 Å². The maximum atomic E-state index is 13.0. The molecule has 31 heavy (non-hydrogen) atoms. The summed E-state index contributed by atoms with van der Waals surface area (Å²) in [5.41, 5.74) is 1.93. The van der Waals surface area contributed by atoms with E-state index in [0.717, 1.165) is 49.1 Å². The molecule has 6 rings (SSSR count). The molecule has 1 aromatic rings. The first-order chi connectivity index (χ1) is 14.9. The van der Waals surface area contributed by atoms with Crippen molar-refractivity contribution in [3.05, 3.63) is 29.8 Å². The number of amides is 3. The summed E-state index contributed by atoms with van der Waals surface area (Å²) < 4.78 is 0. The van der Waals surface area contributed by atoms with Crippen LogP contribution in [0, 0.1) is 23.2 Å². The molecule has 2 N–H and O–H groups in total. The summed E-state index contributed by atoms with van der Waals surface area (Å²) in [6.07, 6.45) is 8.05. The number of nitrogens with one attached hydrogen (secondary N) is 2. The topological polar surface area (TPSA) is 78.5 Å². The summed E-state index contributed by atoms with van der Waals surface area (Å²) in [7, 11) is 0. The van der Waals surface area contributed by atoms with E-state index in [-0.39, 0.29) is 29.6 Å². The Morgan fingerprint density at radius 1 is 1.06 bits per heavy atom. The van der Waals surface area contributed by atoms with Crippen LogP contribution >= 0.6 is 0 Å². The predicted molar refractivity (Wildman–Crippen MR) is 118 cm³/mol. The Hall–Kier alpha value is -2.37. The van der Waals surface area contributed by atoms with E-state index in [4.69, 9.17) is 0 Å². The van der Waals surface area contributed by atoms with Crippen LogP contribution in [0.5, 0.6) is 0 Å². The molecule has 166 valence electrons. The number of fused-ring (bicyclic) bond motifs is 1. The second-order valence-corrected chi connectivity index (χ2v) is 10.4. The zero-order valence-corrected chi connectivity index (χ0v) is 18.4. The number of rotatable bonds is 6. The lowest BCUT2D eigenvalue weighted by Gasteiger charge is -2.55. The van der Waals surface area contributed by atoms with Crippen LogP contribution in [-0.2, 0) is 20.8 Å². The van der Waals surface area contributed by atoms with Gasteiger partial charge < -0.3 is 15.5 Å². The SMILES string of the molecule is CC(NC(=O)CCNC(=O)C12CC3CC(CC(C3)C1)C2)C(=O)N1CCc2ccccc21. The molecule has 4 aliphatic carbocycles. The Balaban J connectivity index is 1.09. The smallest absolute Gasteiger partial charge is 0.249 e. The molecule has 1 unspecified atom stereocenters. The van der Waals surface area contributed by atoms with E-state index >= 15 is 0 Å². The van der Waals surface area contributed by atoms with Crippen LogP contribution in [0.4, 0.5) is 5.69 Å². The monoisotopic (exact) mass is 423 g/mol. The summed E-state index contributed by atoms with van der Waals surface area (Å²) >= 11 is 0. The minimum absolute atomic E-state index is 0.0871. The van der Waals surface area contributed by atoms with Crippen LogP contribution in [0.25, 0.3) is 0 Å². The van der Waals surface area contributed by atoms with Crippen LogP contribution in [-0.4, -0.2) is 36.9 Å². The lowest BCUT2D eigenvalue weighted by molar-refractivity contribution is -0.146. The standard InChI is InChI=1S/C25H33N3O3/c1-16(23(30)28-9-7-20-4-2-3-5-21(20)28)27-22(29)6-8-26-24(31)25-13-17-10-18(14-25)12-19(11-17)15-25/h2-5,16-19H,6-15H2,1H3,(H,26,31)(H,27,29). The minimum Gasteiger partial charge on any atom is -0.355 e. The molecule has 6 nitrogen and oxygen atoms in total. The van der Waals surface area contributed by atoms with Crippen LogP contribution in [0.2, 0.25) is 0 Å². The highest BCUT2D eigenvalue weighted by atomic mass is 16.2. The molecule has 1 aliphatic heterocycles. The first-order valence-corrected chi connectivity index (χ1v) is 11.9. The molecule has 0 radical (unpaired) electrons. The van der Waals surface area contributed by atoms with Gasteiger partial charge in [-0.2, -0.15) is 0 Å². The molecule has 4 bridgehead atoms. The third-order valence-electron chi connectivity index (χ3n) is 8.06. The van der Waals surface area contributed by atoms with Crippen molar-refractivity contribution in [3.8, 4) is 0 Å². The van der Waals surface area contributed by atoms with E-state index in [9.17, 15) is 14.4 Å². The van der Waals surface area contributed by atoms with Gasteiger partial charge in [-0.15, -0.1) is 0 Å². The number of benzene rings is 1. The lowest BCUT2D eigenvalue weighted by atomic mass is 9.49. The van der Waals surface area contributed by atoms with Gasteiger partial charge in [0.1, 0.15) is 6.04 Å². The second-order valence-electron chi connectivity index (χ2n) is 10.4. The summed E-state index contributed by atoms with van der Waals surface area (Å²) in [6.45, 7) is 2.72. The summed E-state index contributed by atoms with van der Waals surface area (Å²) in [6, 6.07) is 7.32. The molecular weight excluding hydrogens is 390 g/mol. The number of nitrogens with zero attached hydrogens (tertiary/aromatic N) is 1. The zero-order valence-electron chi connectivity index (χ0n) is 18.4. The molecule has 0 aromatic heterocycles. The molecule has 0 saturated heterocycles. The Morgan fingerprint density at radius 2 is 1.71 bits per heavy atom. The Kier molecular flexibility index (Phi) is 5.27. The van der Waals surface area contributed by atoms with Gasteiger partial charge in [0.2, 0.25) is 17.7 Å². The molecule has 1 atom stereocenters. The molecule has 6 heteroatoms. The fourth-order valence-electron chi connectivity index (χ4n) is 7.04.